The van der Waals surface area contributed by atoms with Crippen LogP contribution in [0.2, 0.25) is 0 Å². The number of methoxy groups -OCH3 is 2. The summed E-state index contributed by atoms with van der Waals surface area (Å²) in [4.78, 5) is 30.9. The van der Waals surface area contributed by atoms with Crippen LogP contribution in [0.15, 0.2) is 48.5 Å². The van der Waals surface area contributed by atoms with Gasteiger partial charge in [-0.3, -0.25) is 9.59 Å². The average molecular weight is 535 g/mol. The fraction of sp³-hybridized carbons (Fsp3) is 0.333. The Morgan fingerprint density at radius 2 is 1.67 bits per heavy atom. The van der Waals surface area contributed by atoms with Gasteiger partial charge in [-0.25, -0.2) is 0 Å². The Hall–Kier alpha value is -4.40. The van der Waals surface area contributed by atoms with E-state index in [0.717, 1.165) is 5.69 Å². The number of carbonyl (C=O) groups excluding carboxylic acids is 2. The Bertz CT molecular complexity index is 1390. The zero-order chi connectivity index (χ0) is 28.3. The number of rotatable bonds is 8. The highest BCUT2D eigenvalue weighted by Crippen LogP contribution is 2.42. The molecule has 9 heteroatoms. The number of phenols is 3. The van der Waals surface area contributed by atoms with Gasteiger partial charge in [-0.15, -0.1) is 0 Å². The molecule has 0 spiro atoms. The Morgan fingerprint density at radius 3 is 2.31 bits per heavy atom. The van der Waals surface area contributed by atoms with Gasteiger partial charge in [0.1, 0.15) is 17.2 Å². The molecule has 1 aliphatic heterocycles. The van der Waals surface area contributed by atoms with Gasteiger partial charge in [0.2, 0.25) is 5.91 Å². The molecule has 0 bridgehead atoms. The van der Waals surface area contributed by atoms with Gasteiger partial charge in [0.05, 0.1) is 25.8 Å². The first-order valence-corrected chi connectivity index (χ1v) is 12.9. The zero-order valence-corrected chi connectivity index (χ0v) is 22.6. The second-order valence-corrected chi connectivity index (χ2v) is 9.36. The van der Waals surface area contributed by atoms with Gasteiger partial charge >= 0.3 is 0 Å². The third-order valence-electron chi connectivity index (χ3n) is 7.19. The van der Waals surface area contributed by atoms with E-state index in [1.54, 1.807) is 42.2 Å². The highest BCUT2D eigenvalue weighted by Gasteiger charge is 2.37. The summed E-state index contributed by atoms with van der Waals surface area (Å²) in [7, 11) is 2.97. The van der Waals surface area contributed by atoms with Crippen LogP contribution in [0, 0.1) is 0 Å². The van der Waals surface area contributed by atoms with Crippen LogP contribution in [0.3, 0.4) is 0 Å². The highest BCUT2D eigenvalue weighted by molar-refractivity contribution is 6.12. The van der Waals surface area contributed by atoms with Crippen molar-refractivity contribution in [3.8, 4) is 28.7 Å². The molecule has 3 aromatic carbocycles. The molecular weight excluding hydrogens is 500 g/mol. The fourth-order valence-corrected chi connectivity index (χ4v) is 5.27. The lowest BCUT2D eigenvalue weighted by Crippen LogP contribution is -2.51. The predicted octanol–water partition coefficient (Wildman–Crippen LogP) is 4.41. The molecule has 4 rings (SSSR count). The summed E-state index contributed by atoms with van der Waals surface area (Å²) in [6.45, 7) is 4.78. The van der Waals surface area contributed by atoms with E-state index in [1.165, 1.54) is 26.4 Å². The second kappa shape index (κ2) is 11.6. The first-order chi connectivity index (χ1) is 18.7. The summed E-state index contributed by atoms with van der Waals surface area (Å²) in [5.74, 6) is -0.183. The standard InChI is InChI=1S/C30H34N2O7/c1-5-21-23(34)16-24(35)29(30(37)18-10-11-25(38-3)26(14-18)39-4)28(21)22-17-31(12-13-32(22)27(36)6-2)19-8-7-9-20(33)15-19/h7-11,14-16,22,33-35H,5-6,12-13,17H2,1-4H3. The van der Waals surface area contributed by atoms with Crippen LogP contribution in [0.5, 0.6) is 28.7 Å². The van der Waals surface area contributed by atoms with Gasteiger partial charge in [0, 0.05) is 49.4 Å². The van der Waals surface area contributed by atoms with Crippen molar-refractivity contribution in [3.05, 3.63) is 70.8 Å². The molecule has 1 aliphatic rings. The van der Waals surface area contributed by atoms with Crippen LogP contribution >= 0.6 is 0 Å². The average Bonchev–Trinajstić information content (AvgIpc) is 2.95. The third kappa shape index (κ3) is 5.30. The molecule has 0 aromatic heterocycles. The summed E-state index contributed by atoms with van der Waals surface area (Å²) < 4.78 is 10.7. The van der Waals surface area contributed by atoms with Gasteiger partial charge in [0.15, 0.2) is 17.3 Å². The van der Waals surface area contributed by atoms with Gasteiger partial charge in [-0.1, -0.05) is 19.9 Å². The molecule has 1 unspecified atom stereocenters. The summed E-state index contributed by atoms with van der Waals surface area (Å²) in [6.07, 6.45) is 0.623. The topological polar surface area (TPSA) is 120 Å². The number of ketones is 1. The minimum absolute atomic E-state index is 0.0218. The van der Waals surface area contributed by atoms with E-state index in [2.05, 4.69) is 0 Å². The number of hydrogen-bond acceptors (Lipinski definition) is 8. The number of ether oxygens (including phenoxy) is 2. The molecule has 0 radical (unpaired) electrons. The van der Waals surface area contributed by atoms with Crippen molar-refractivity contribution in [2.45, 2.75) is 32.7 Å². The van der Waals surface area contributed by atoms with Crippen molar-refractivity contribution in [3.63, 3.8) is 0 Å². The number of nitrogens with zero attached hydrogens (tertiary/aromatic N) is 2. The van der Waals surface area contributed by atoms with Crippen molar-refractivity contribution in [1.82, 2.24) is 4.90 Å². The van der Waals surface area contributed by atoms with Crippen molar-refractivity contribution < 1.29 is 34.4 Å². The van der Waals surface area contributed by atoms with Gasteiger partial charge in [-0.2, -0.15) is 0 Å². The normalized spacial score (nSPS) is 15.2. The first kappa shape index (κ1) is 27.6. The Balaban J connectivity index is 1.91. The molecule has 9 nitrogen and oxygen atoms in total. The van der Waals surface area contributed by atoms with Crippen molar-refractivity contribution >= 4 is 17.4 Å². The lowest BCUT2D eigenvalue weighted by Gasteiger charge is -2.44. The van der Waals surface area contributed by atoms with Gasteiger partial charge < -0.3 is 34.6 Å². The zero-order valence-electron chi connectivity index (χ0n) is 22.6. The Kier molecular flexibility index (Phi) is 8.18. The third-order valence-corrected chi connectivity index (χ3v) is 7.19. The molecule has 206 valence electrons. The number of amides is 1. The maximum atomic E-state index is 14.0. The van der Waals surface area contributed by atoms with Crippen molar-refractivity contribution in [1.29, 1.82) is 0 Å². The summed E-state index contributed by atoms with van der Waals surface area (Å²) in [5.41, 5.74) is 1.92. The summed E-state index contributed by atoms with van der Waals surface area (Å²) in [6, 6.07) is 12.1. The number of benzene rings is 3. The first-order valence-electron chi connectivity index (χ1n) is 12.9. The van der Waals surface area contributed by atoms with E-state index in [1.807, 2.05) is 17.9 Å². The molecule has 1 atom stereocenters. The number of piperazine rings is 1. The molecule has 1 amide bonds. The lowest BCUT2D eigenvalue weighted by atomic mass is 9.86. The Morgan fingerprint density at radius 1 is 0.923 bits per heavy atom. The summed E-state index contributed by atoms with van der Waals surface area (Å²) in [5, 5.41) is 32.0. The largest absolute Gasteiger partial charge is 0.508 e. The minimum Gasteiger partial charge on any atom is -0.508 e. The SMILES string of the molecule is CCC(=O)N1CCN(c2cccc(O)c2)CC1c1c(CC)c(O)cc(O)c1C(=O)c1ccc(OC)c(OC)c1. The molecule has 3 aromatic rings. The molecule has 0 saturated carbocycles. The molecule has 39 heavy (non-hydrogen) atoms. The Labute approximate surface area is 227 Å². The van der Waals surface area contributed by atoms with Gasteiger partial charge in [0.25, 0.3) is 0 Å². The molecule has 1 saturated heterocycles. The lowest BCUT2D eigenvalue weighted by molar-refractivity contribution is -0.133. The fourth-order valence-electron chi connectivity index (χ4n) is 5.27. The monoisotopic (exact) mass is 534 g/mol. The van der Waals surface area contributed by atoms with Crippen LogP contribution in [0.1, 0.15) is 53.4 Å². The van der Waals surface area contributed by atoms with Crippen LogP contribution in [-0.4, -0.2) is 65.8 Å². The minimum atomic E-state index is -0.652. The van der Waals surface area contributed by atoms with Crippen LogP contribution in [0.4, 0.5) is 5.69 Å². The van der Waals surface area contributed by atoms with E-state index in [9.17, 15) is 24.9 Å². The molecule has 0 aliphatic carbocycles. The van der Waals surface area contributed by atoms with E-state index in [-0.39, 0.29) is 47.2 Å². The number of phenolic OH excluding ortho intramolecular Hbond substituents is 3. The number of aromatic hydroxyl groups is 3. The van der Waals surface area contributed by atoms with Crippen LogP contribution in [-0.2, 0) is 11.2 Å². The van der Waals surface area contributed by atoms with E-state index in [0.29, 0.717) is 42.1 Å². The van der Waals surface area contributed by atoms with Crippen molar-refractivity contribution in [2.24, 2.45) is 0 Å². The molecular formula is C30H34N2O7. The van der Waals surface area contributed by atoms with Crippen LogP contribution < -0.4 is 14.4 Å². The number of carbonyl (C=O) groups is 2. The quantitative estimate of drug-likeness (QED) is 0.364. The molecule has 3 N–H and O–H groups in total. The van der Waals surface area contributed by atoms with E-state index >= 15 is 0 Å². The molecule has 1 fully saturated rings. The summed E-state index contributed by atoms with van der Waals surface area (Å²) >= 11 is 0. The number of anilines is 1. The van der Waals surface area contributed by atoms with E-state index in [4.69, 9.17) is 9.47 Å². The second-order valence-electron chi connectivity index (χ2n) is 9.36. The van der Waals surface area contributed by atoms with E-state index < -0.39 is 11.8 Å². The molecule has 1 heterocycles. The predicted molar refractivity (Wildman–Crippen MR) is 147 cm³/mol. The number of hydrogen-bond donors (Lipinski definition) is 3. The smallest absolute Gasteiger partial charge is 0.222 e. The van der Waals surface area contributed by atoms with Crippen molar-refractivity contribution in [2.75, 3.05) is 38.8 Å². The maximum absolute atomic E-state index is 14.0. The van der Waals surface area contributed by atoms with Crippen LogP contribution in [0.25, 0.3) is 0 Å². The maximum Gasteiger partial charge on any atom is 0.222 e. The highest BCUT2D eigenvalue weighted by atomic mass is 16.5. The van der Waals surface area contributed by atoms with Gasteiger partial charge in [-0.05, 0) is 47.9 Å².